The molecule has 0 aromatic heterocycles. The molecule has 1 amide bonds. The van der Waals surface area contributed by atoms with Crippen molar-refractivity contribution in [2.45, 2.75) is 33.7 Å². The second-order valence-electron chi connectivity index (χ2n) is 6.22. The first-order chi connectivity index (χ1) is 12.0. The van der Waals surface area contributed by atoms with Crippen LogP contribution in [0.25, 0.3) is 0 Å². The molecular formula is C20H26N4O. The summed E-state index contributed by atoms with van der Waals surface area (Å²) in [4.78, 5) is 16.0. The Kier molecular flexibility index (Phi) is 6.57. The Bertz CT molecular complexity index is 736. The maximum atomic E-state index is 11.7. The van der Waals surface area contributed by atoms with Crippen LogP contribution in [0.3, 0.4) is 0 Å². The van der Waals surface area contributed by atoms with Crippen molar-refractivity contribution < 1.29 is 4.79 Å². The molecule has 2 rings (SSSR count). The molecule has 0 unspecified atom stereocenters. The summed E-state index contributed by atoms with van der Waals surface area (Å²) in [6, 6.07) is 15.7. The summed E-state index contributed by atoms with van der Waals surface area (Å²) in [6.45, 7) is 6.32. The van der Waals surface area contributed by atoms with Gasteiger partial charge in [0.05, 0.1) is 6.54 Å². The Labute approximate surface area is 149 Å². The van der Waals surface area contributed by atoms with Gasteiger partial charge in [0.2, 0.25) is 5.91 Å². The largest absolute Gasteiger partial charge is 0.370 e. The third-order valence-corrected chi connectivity index (χ3v) is 3.79. The van der Waals surface area contributed by atoms with E-state index in [1.807, 2.05) is 50.2 Å². The zero-order valence-corrected chi connectivity index (χ0v) is 15.0. The highest BCUT2D eigenvalue weighted by Gasteiger charge is 2.06. The lowest BCUT2D eigenvalue weighted by atomic mass is 10.1. The fourth-order valence-corrected chi connectivity index (χ4v) is 2.21. The Morgan fingerprint density at radius 3 is 2.40 bits per heavy atom. The molecule has 0 atom stereocenters. The SMILES string of the molecule is CCc1cccc(NC(N)=NCc2ccc(NC(=O)C(C)C)cc2)c1. The number of amides is 1. The Balaban J connectivity index is 1.92. The molecular weight excluding hydrogens is 312 g/mol. The van der Waals surface area contributed by atoms with Crippen molar-refractivity contribution in [3.05, 3.63) is 59.7 Å². The number of benzene rings is 2. The van der Waals surface area contributed by atoms with Gasteiger partial charge in [-0.15, -0.1) is 0 Å². The molecule has 0 radical (unpaired) electrons. The normalized spacial score (nSPS) is 11.4. The highest BCUT2D eigenvalue weighted by Crippen LogP contribution is 2.13. The number of nitrogens with two attached hydrogens (primary N) is 1. The molecule has 0 saturated carbocycles. The third kappa shape index (κ3) is 5.95. The zero-order chi connectivity index (χ0) is 18.2. The standard InChI is InChI=1S/C20H26N4O/c1-4-15-6-5-7-18(12-15)24-20(21)22-13-16-8-10-17(11-9-16)23-19(25)14(2)3/h5-12,14H,4,13H2,1-3H3,(H,23,25)(H3,21,22,24). The first-order valence-electron chi connectivity index (χ1n) is 8.53. The number of aryl methyl sites for hydroxylation is 1. The van der Waals surface area contributed by atoms with E-state index >= 15 is 0 Å². The number of hydrogen-bond donors (Lipinski definition) is 3. The molecule has 2 aromatic rings. The summed E-state index contributed by atoms with van der Waals surface area (Å²) in [5.74, 6) is 0.348. The van der Waals surface area contributed by atoms with Crippen molar-refractivity contribution in [3.8, 4) is 0 Å². The lowest BCUT2D eigenvalue weighted by molar-refractivity contribution is -0.118. The number of carbonyl (C=O) groups excluding carboxylic acids is 1. The quantitative estimate of drug-likeness (QED) is 0.554. The van der Waals surface area contributed by atoms with E-state index in [0.29, 0.717) is 12.5 Å². The van der Waals surface area contributed by atoms with Crippen LogP contribution in [0.15, 0.2) is 53.5 Å². The number of rotatable bonds is 6. The van der Waals surface area contributed by atoms with Crippen molar-refractivity contribution in [1.82, 2.24) is 0 Å². The van der Waals surface area contributed by atoms with E-state index in [0.717, 1.165) is 23.4 Å². The van der Waals surface area contributed by atoms with Crippen LogP contribution in [-0.4, -0.2) is 11.9 Å². The van der Waals surface area contributed by atoms with Crippen LogP contribution in [0.5, 0.6) is 0 Å². The van der Waals surface area contributed by atoms with Crippen LogP contribution in [0, 0.1) is 5.92 Å². The predicted molar refractivity (Wildman–Crippen MR) is 105 cm³/mol. The van der Waals surface area contributed by atoms with Gasteiger partial charge in [-0.1, -0.05) is 45.0 Å². The lowest BCUT2D eigenvalue weighted by Gasteiger charge is -2.09. The van der Waals surface area contributed by atoms with Crippen molar-refractivity contribution in [1.29, 1.82) is 0 Å². The Morgan fingerprint density at radius 2 is 1.76 bits per heavy atom. The molecule has 25 heavy (non-hydrogen) atoms. The summed E-state index contributed by atoms with van der Waals surface area (Å²) in [6.07, 6.45) is 0.978. The summed E-state index contributed by atoms with van der Waals surface area (Å²) in [5.41, 5.74) is 9.95. The highest BCUT2D eigenvalue weighted by molar-refractivity contribution is 5.92. The molecule has 5 nitrogen and oxygen atoms in total. The van der Waals surface area contributed by atoms with Crippen LogP contribution in [0.2, 0.25) is 0 Å². The Hall–Kier alpha value is -2.82. The molecule has 0 spiro atoms. The smallest absolute Gasteiger partial charge is 0.226 e. The van der Waals surface area contributed by atoms with Crippen molar-refractivity contribution in [2.75, 3.05) is 10.6 Å². The third-order valence-electron chi connectivity index (χ3n) is 3.79. The van der Waals surface area contributed by atoms with Gasteiger partial charge in [0.25, 0.3) is 0 Å². The van der Waals surface area contributed by atoms with Crippen molar-refractivity contribution >= 4 is 23.2 Å². The number of guanidine groups is 1. The van der Waals surface area contributed by atoms with Crippen LogP contribution in [0.1, 0.15) is 31.9 Å². The number of nitrogens with one attached hydrogen (secondary N) is 2. The molecule has 0 aliphatic carbocycles. The number of aliphatic imine (C=N–C) groups is 1. The van der Waals surface area contributed by atoms with E-state index in [2.05, 4.69) is 34.7 Å². The fourth-order valence-electron chi connectivity index (χ4n) is 2.21. The first-order valence-corrected chi connectivity index (χ1v) is 8.53. The number of nitrogens with zero attached hydrogens (tertiary/aromatic N) is 1. The summed E-state index contributed by atoms with van der Waals surface area (Å²) in [5, 5.41) is 5.97. The molecule has 5 heteroatoms. The van der Waals surface area contributed by atoms with E-state index in [4.69, 9.17) is 5.73 Å². The van der Waals surface area contributed by atoms with Gasteiger partial charge in [0, 0.05) is 17.3 Å². The predicted octanol–water partition coefficient (Wildman–Crippen LogP) is 3.77. The molecule has 0 saturated heterocycles. The molecule has 4 N–H and O–H groups in total. The van der Waals surface area contributed by atoms with Gasteiger partial charge >= 0.3 is 0 Å². The Morgan fingerprint density at radius 1 is 1.04 bits per heavy atom. The maximum absolute atomic E-state index is 11.7. The van der Waals surface area contributed by atoms with Crippen LogP contribution in [-0.2, 0) is 17.8 Å². The van der Waals surface area contributed by atoms with Crippen LogP contribution >= 0.6 is 0 Å². The average Bonchev–Trinajstić information content (AvgIpc) is 2.61. The van der Waals surface area contributed by atoms with E-state index in [1.54, 1.807) is 0 Å². The minimum absolute atomic E-state index is 0.00789. The van der Waals surface area contributed by atoms with Gasteiger partial charge in [-0.2, -0.15) is 0 Å². The van der Waals surface area contributed by atoms with Gasteiger partial charge in [-0.05, 0) is 41.8 Å². The van der Waals surface area contributed by atoms with Gasteiger partial charge in [-0.3, -0.25) is 4.79 Å². The summed E-state index contributed by atoms with van der Waals surface area (Å²) < 4.78 is 0. The van der Waals surface area contributed by atoms with E-state index < -0.39 is 0 Å². The first kappa shape index (κ1) is 18.5. The molecule has 0 bridgehead atoms. The number of carbonyl (C=O) groups is 1. The molecule has 2 aromatic carbocycles. The van der Waals surface area contributed by atoms with E-state index in [1.165, 1.54) is 5.56 Å². The van der Waals surface area contributed by atoms with Gasteiger partial charge in [-0.25, -0.2) is 4.99 Å². The molecule has 132 valence electrons. The second kappa shape index (κ2) is 8.87. The minimum Gasteiger partial charge on any atom is -0.370 e. The molecule has 0 aliphatic rings. The topological polar surface area (TPSA) is 79.5 Å². The zero-order valence-electron chi connectivity index (χ0n) is 15.0. The lowest BCUT2D eigenvalue weighted by Crippen LogP contribution is -2.22. The summed E-state index contributed by atoms with van der Waals surface area (Å²) >= 11 is 0. The minimum atomic E-state index is -0.0404. The van der Waals surface area contributed by atoms with Gasteiger partial charge < -0.3 is 16.4 Å². The molecule has 0 fully saturated rings. The average molecular weight is 338 g/mol. The monoisotopic (exact) mass is 338 g/mol. The molecule has 0 aliphatic heterocycles. The van der Waals surface area contributed by atoms with Crippen molar-refractivity contribution in [3.63, 3.8) is 0 Å². The molecule has 0 heterocycles. The van der Waals surface area contributed by atoms with Gasteiger partial charge in [0.15, 0.2) is 5.96 Å². The highest BCUT2D eigenvalue weighted by atomic mass is 16.1. The number of anilines is 2. The van der Waals surface area contributed by atoms with E-state index in [9.17, 15) is 4.79 Å². The summed E-state index contributed by atoms with van der Waals surface area (Å²) in [7, 11) is 0. The van der Waals surface area contributed by atoms with E-state index in [-0.39, 0.29) is 11.8 Å². The van der Waals surface area contributed by atoms with Crippen LogP contribution in [0.4, 0.5) is 11.4 Å². The fraction of sp³-hybridized carbons (Fsp3) is 0.300. The number of hydrogen-bond acceptors (Lipinski definition) is 2. The second-order valence-corrected chi connectivity index (χ2v) is 6.22. The maximum Gasteiger partial charge on any atom is 0.226 e. The van der Waals surface area contributed by atoms with Crippen LogP contribution < -0.4 is 16.4 Å². The van der Waals surface area contributed by atoms with Gasteiger partial charge in [0.1, 0.15) is 0 Å². The van der Waals surface area contributed by atoms with Crippen molar-refractivity contribution in [2.24, 2.45) is 16.6 Å².